The molecule has 15 heavy (non-hydrogen) atoms. The Bertz CT molecular complexity index is 238. The van der Waals surface area contributed by atoms with E-state index < -0.39 is 0 Å². The van der Waals surface area contributed by atoms with Gasteiger partial charge in [-0.3, -0.25) is 4.79 Å². The second-order valence-electron chi connectivity index (χ2n) is 5.26. The predicted octanol–water partition coefficient (Wildman–Crippen LogP) is 1.37. The Hall–Kier alpha value is -0.570. The largest absolute Gasteiger partial charge is 0.346 e. The predicted molar refractivity (Wildman–Crippen MR) is 60.3 cm³/mol. The van der Waals surface area contributed by atoms with E-state index in [4.69, 9.17) is 5.73 Å². The summed E-state index contributed by atoms with van der Waals surface area (Å²) < 4.78 is 0. The van der Waals surface area contributed by atoms with Crippen LogP contribution in [0.25, 0.3) is 0 Å². The van der Waals surface area contributed by atoms with Gasteiger partial charge in [-0.15, -0.1) is 0 Å². The van der Waals surface area contributed by atoms with E-state index in [9.17, 15) is 4.79 Å². The van der Waals surface area contributed by atoms with Crippen molar-refractivity contribution in [3.05, 3.63) is 0 Å². The van der Waals surface area contributed by atoms with Crippen molar-refractivity contribution in [2.45, 2.75) is 44.6 Å². The van der Waals surface area contributed by atoms with Crippen LogP contribution >= 0.6 is 0 Å². The topological polar surface area (TPSA) is 46.3 Å². The van der Waals surface area contributed by atoms with Crippen molar-refractivity contribution in [3.63, 3.8) is 0 Å². The molecule has 2 aliphatic carbocycles. The van der Waals surface area contributed by atoms with Crippen LogP contribution in [0.2, 0.25) is 0 Å². The number of rotatable bonds is 4. The van der Waals surface area contributed by atoms with Gasteiger partial charge in [0.05, 0.1) is 0 Å². The second-order valence-corrected chi connectivity index (χ2v) is 5.26. The highest BCUT2D eigenvalue weighted by atomic mass is 16.2. The molecule has 2 atom stereocenters. The summed E-state index contributed by atoms with van der Waals surface area (Å²) >= 11 is 0. The summed E-state index contributed by atoms with van der Waals surface area (Å²) in [6.45, 7) is 0.940. The van der Waals surface area contributed by atoms with Gasteiger partial charge >= 0.3 is 0 Å². The molecule has 2 fully saturated rings. The maximum Gasteiger partial charge on any atom is 0.225 e. The van der Waals surface area contributed by atoms with Gasteiger partial charge in [0, 0.05) is 25.6 Å². The van der Waals surface area contributed by atoms with Crippen molar-refractivity contribution >= 4 is 5.91 Å². The van der Waals surface area contributed by atoms with Crippen LogP contribution in [-0.4, -0.2) is 30.4 Å². The molecule has 0 bridgehead atoms. The molecule has 2 N–H and O–H groups in total. The zero-order valence-electron chi connectivity index (χ0n) is 9.61. The van der Waals surface area contributed by atoms with Gasteiger partial charge in [-0.2, -0.15) is 0 Å². The molecule has 2 aliphatic rings. The van der Waals surface area contributed by atoms with Gasteiger partial charge in [0.2, 0.25) is 5.91 Å². The molecule has 86 valence electrons. The Morgan fingerprint density at radius 3 is 2.60 bits per heavy atom. The molecule has 0 aromatic carbocycles. The number of amides is 1. The van der Waals surface area contributed by atoms with Crippen LogP contribution in [-0.2, 0) is 4.79 Å². The van der Waals surface area contributed by atoms with Crippen molar-refractivity contribution in [1.29, 1.82) is 0 Å². The van der Waals surface area contributed by atoms with E-state index in [0.717, 1.165) is 31.7 Å². The van der Waals surface area contributed by atoms with Crippen molar-refractivity contribution in [3.8, 4) is 0 Å². The van der Waals surface area contributed by atoms with Crippen LogP contribution in [0.1, 0.15) is 38.5 Å². The molecule has 0 aromatic rings. The van der Waals surface area contributed by atoms with Gasteiger partial charge in [0.25, 0.3) is 0 Å². The Balaban J connectivity index is 1.73. The van der Waals surface area contributed by atoms with Gasteiger partial charge in [-0.05, 0) is 31.6 Å². The molecule has 0 aromatic heterocycles. The Kier molecular flexibility index (Phi) is 3.29. The summed E-state index contributed by atoms with van der Waals surface area (Å²) in [6.07, 6.45) is 6.85. The molecule has 2 rings (SSSR count). The molecular formula is C12H22N2O. The molecule has 1 amide bonds. The van der Waals surface area contributed by atoms with Crippen LogP contribution in [0, 0.1) is 11.8 Å². The third-order valence-corrected chi connectivity index (χ3v) is 3.77. The summed E-state index contributed by atoms with van der Waals surface area (Å²) in [7, 11) is 1.94. The number of carbonyl (C=O) groups is 1. The van der Waals surface area contributed by atoms with Crippen LogP contribution < -0.4 is 5.73 Å². The minimum atomic E-state index is 0.212. The Morgan fingerprint density at radius 2 is 2.07 bits per heavy atom. The van der Waals surface area contributed by atoms with E-state index in [1.807, 2.05) is 11.9 Å². The number of hydrogen-bond donors (Lipinski definition) is 1. The third-order valence-electron chi connectivity index (χ3n) is 3.77. The van der Waals surface area contributed by atoms with E-state index in [0.29, 0.717) is 5.91 Å². The van der Waals surface area contributed by atoms with Gasteiger partial charge in [-0.1, -0.05) is 12.8 Å². The minimum Gasteiger partial charge on any atom is -0.346 e. The molecule has 0 heterocycles. The van der Waals surface area contributed by atoms with Crippen molar-refractivity contribution in [1.82, 2.24) is 4.90 Å². The third kappa shape index (κ3) is 2.94. The maximum absolute atomic E-state index is 12.0. The molecule has 2 unspecified atom stereocenters. The SMILES string of the molecule is CN(CCC1CC1)C(=O)C1CCC(N)C1. The van der Waals surface area contributed by atoms with Crippen LogP contribution in [0.15, 0.2) is 0 Å². The fourth-order valence-corrected chi connectivity index (χ4v) is 2.45. The Morgan fingerprint density at radius 1 is 1.33 bits per heavy atom. The molecule has 0 radical (unpaired) electrons. The summed E-state index contributed by atoms with van der Waals surface area (Å²) in [5.74, 6) is 1.44. The maximum atomic E-state index is 12.0. The molecule has 0 aliphatic heterocycles. The molecular weight excluding hydrogens is 188 g/mol. The van der Waals surface area contributed by atoms with E-state index >= 15 is 0 Å². The van der Waals surface area contributed by atoms with Crippen molar-refractivity contribution < 1.29 is 4.79 Å². The number of hydrogen-bond acceptors (Lipinski definition) is 2. The molecule has 0 spiro atoms. The molecule has 0 saturated heterocycles. The zero-order valence-corrected chi connectivity index (χ0v) is 9.61. The summed E-state index contributed by atoms with van der Waals surface area (Å²) in [5, 5.41) is 0. The van der Waals surface area contributed by atoms with Crippen LogP contribution in [0.4, 0.5) is 0 Å². The van der Waals surface area contributed by atoms with E-state index in [1.165, 1.54) is 19.3 Å². The van der Waals surface area contributed by atoms with Crippen LogP contribution in [0.5, 0.6) is 0 Å². The molecule has 2 saturated carbocycles. The van der Waals surface area contributed by atoms with E-state index in [-0.39, 0.29) is 12.0 Å². The average molecular weight is 210 g/mol. The zero-order chi connectivity index (χ0) is 10.8. The minimum absolute atomic E-state index is 0.212. The van der Waals surface area contributed by atoms with Gasteiger partial charge < -0.3 is 10.6 Å². The first-order valence-corrected chi connectivity index (χ1v) is 6.17. The normalized spacial score (nSPS) is 30.5. The average Bonchev–Trinajstić information content (AvgIpc) is 2.95. The number of carbonyl (C=O) groups excluding carboxylic acids is 1. The standard InChI is InChI=1S/C12H22N2O/c1-14(7-6-9-2-3-9)12(15)10-4-5-11(13)8-10/h9-11H,2-8,13H2,1H3. The van der Waals surface area contributed by atoms with Gasteiger partial charge in [0.1, 0.15) is 0 Å². The first-order chi connectivity index (χ1) is 7.16. The van der Waals surface area contributed by atoms with Crippen LogP contribution in [0.3, 0.4) is 0 Å². The summed E-state index contributed by atoms with van der Waals surface area (Å²) in [6, 6.07) is 0.260. The highest BCUT2D eigenvalue weighted by molar-refractivity contribution is 5.78. The van der Waals surface area contributed by atoms with Gasteiger partial charge in [0.15, 0.2) is 0 Å². The van der Waals surface area contributed by atoms with Crippen molar-refractivity contribution in [2.75, 3.05) is 13.6 Å². The summed E-state index contributed by atoms with van der Waals surface area (Å²) in [5.41, 5.74) is 5.82. The molecule has 3 nitrogen and oxygen atoms in total. The lowest BCUT2D eigenvalue weighted by molar-refractivity contribution is -0.134. The quantitative estimate of drug-likeness (QED) is 0.762. The first kappa shape index (κ1) is 10.9. The fraction of sp³-hybridized carbons (Fsp3) is 0.917. The lowest BCUT2D eigenvalue weighted by Gasteiger charge is -2.20. The lowest BCUT2D eigenvalue weighted by atomic mass is 10.1. The second kappa shape index (κ2) is 4.52. The molecule has 3 heteroatoms. The monoisotopic (exact) mass is 210 g/mol. The first-order valence-electron chi connectivity index (χ1n) is 6.17. The number of nitrogens with two attached hydrogens (primary N) is 1. The smallest absolute Gasteiger partial charge is 0.225 e. The number of nitrogens with zero attached hydrogens (tertiary/aromatic N) is 1. The highest BCUT2D eigenvalue weighted by Gasteiger charge is 2.30. The van der Waals surface area contributed by atoms with E-state index in [1.54, 1.807) is 0 Å². The fourth-order valence-electron chi connectivity index (χ4n) is 2.45. The lowest BCUT2D eigenvalue weighted by Crippen LogP contribution is -2.33. The van der Waals surface area contributed by atoms with Gasteiger partial charge in [-0.25, -0.2) is 0 Å². The Labute approximate surface area is 92.0 Å². The van der Waals surface area contributed by atoms with E-state index in [2.05, 4.69) is 0 Å². The van der Waals surface area contributed by atoms with Crippen molar-refractivity contribution in [2.24, 2.45) is 17.6 Å². The summed E-state index contributed by atoms with van der Waals surface area (Å²) in [4.78, 5) is 13.9. The highest BCUT2D eigenvalue weighted by Crippen LogP contribution is 2.32.